The zero-order chi connectivity index (χ0) is 32.1. The highest BCUT2D eigenvalue weighted by atomic mass is 35.5. The van der Waals surface area contributed by atoms with Crippen LogP contribution in [0.4, 0.5) is 34.1 Å². The topological polar surface area (TPSA) is 6.48 Å². The zero-order valence-corrected chi connectivity index (χ0v) is 28.0. The number of para-hydroxylation sites is 4. The molecule has 0 atom stereocenters. The van der Waals surface area contributed by atoms with E-state index in [1.807, 2.05) is 0 Å². The number of nitrogens with zero attached hydrogens (tertiary/aromatic N) is 2. The molecule has 0 aliphatic rings. The average molecular weight is 643 g/mol. The molecule has 47 heavy (non-hydrogen) atoms. The van der Waals surface area contributed by atoms with E-state index in [2.05, 4.69) is 210 Å². The van der Waals surface area contributed by atoms with E-state index in [-0.39, 0.29) is 0 Å². The minimum Gasteiger partial charge on any atom is -0.309 e. The van der Waals surface area contributed by atoms with Crippen LogP contribution in [0, 0.1) is 0 Å². The Morgan fingerprint density at radius 3 is 0.894 bits per heavy atom. The molecular formula is C43H35ClN2Si. The Morgan fingerprint density at radius 2 is 0.617 bits per heavy atom. The highest BCUT2D eigenvalue weighted by Crippen LogP contribution is 2.46. The maximum Gasteiger partial charge on any atom is 0.145 e. The summed E-state index contributed by atoms with van der Waals surface area (Å²) in [4.78, 5) is 4.57. The standard InChI is InChI=1S/C43H35ClN2Si/c1-47(38-28-16-6-17-29-38,39-30-18-7-19-31-39)40-32-41(45(34-20-8-2-9-21-34)35-22-10-3-11-23-35)43(44)42(33-40)46(36-24-12-4-13-25-36)37-26-14-5-15-27-37/h2-33H,1H3. The van der Waals surface area contributed by atoms with E-state index in [4.69, 9.17) is 11.6 Å². The van der Waals surface area contributed by atoms with Gasteiger partial charge in [0.25, 0.3) is 0 Å². The Kier molecular flexibility index (Phi) is 8.74. The third-order valence-corrected chi connectivity index (χ3v) is 13.7. The van der Waals surface area contributed by atoms with E-state index in [0.717, 1.165) is 34.1 Å². The Balaban J connectivity index is 1.59. The van der Waals surface area contributed by atoms with Crippen LogP contribution in [0.1, 0.15) is 0 Å². The maximum absolute atomic E-state index is 7.74. The molecule has 7 aromatic rings. The van der Waals surface area contributed by atoms with Gasteiger partial charge in [-0.3, -0.25) is 0 Å². The summed E-state index contributed by atoms with van der Waals surface area (Å²) in [7, 11) is -2.57. The summed E-state index contributed by atoms with van der Waals surface area (Å²) < 4.78 is 0. The highest BCUT2D eigenvalue weighted by Gasteiger charge is 2.36. The molecule has 4 heteroatoms. The first-order chi connectivity index (χ1) is 23.1. The van der Waals surface area contributed by atoms with Crippen LogP contribution in [0.25, 0.3) is 0 Å². The summed E-state index contributed by atoms with van der Waals surface area (Å²) in [5.41, 5.74) is 6.02. The molecule has 228 valence electrons. The van der Waals surface area contributed by atoms with Crippen molar-refractivity contribution in [2.75, 3.05) is 9.80 Å². The Labute approximate surface area is 283 Å². The van der Waals surface area contributed by atoms with Crippen LogP contribution in [0.2, 0.25) is 11.6 Å². The number of hydrogen-bond acceptors (Lipinski definition) is 2. The van der Waals surface area contributed by atoms with Crippen LogP contribution in [-0.2, 0) is 0 Å². The monoisotopic (exact) mass is 642 g/mol. The van der Waals surface area contributed by atoms with Crippen LogP contribution < -0.4 is 25.4 Å². The van der Waals surface area contributed by atoms with Crippen molar-refractivity contribution >= 4 is 69.4 Å². The zero-order valence-electron chi connectivity index (χ0n) is 26.2. The van der Waals surface area contributed by atoms with Crippen molar-refractivity contribution in [2.45, 2.75) is 6.55 Å². The number of rotatable bonds is 9. The lowest BCUT2D eigenvalue weighted by molar-refractivity contribution is 1.25. The van der Waals surface area contributed by atoms with E-state index >= 15 is 0 Å². The molecule has 0 aliphatic carbocycles. The van der Waals surface area contributed by atoms with Crippen molar-refractivity contribution < 1.29 is 0 Å². The summed E-state index contributed by atoms with van der Waals surface area (Å²) in [6.07, 6.45) is 0. The predicted octanol–water partition coefficient (Wildman–Crippen LogP) is 10.4. The van der Waals surface area contributed by atoms with Gasteiger partial charge in [0.2, 0.25) is 0 Å². The van der Waals surface area contributed by atoms with Gasteiger partial charge in [0.15, 0.2) is 0 Å². The molecule has 0 saturated heterocycles. The fourth-order valence-electron chi connectivity index (χ4n) is 6.41. The summed E-state index contributed by atoms with van der Waals surface area (Å²) in [6.45, 7) is 2.46. The second-order valence-corrected chi connectivity index (χ2v) is 16.1. The Bertz CT molecular complexity index is 1820. The predicted molar refractivity (Wildman–Crippen MR) is 204 cm³/mol. The van der Waals surface area contributed by atoms with Crippen LogP contribution in [0.15, 0.2) is 194 Å². The first kappa shape index (κ1) is 30.3. The normalized spacial score (nSPS) is 11.2. The van der Waals surface area contributed by atoms with Gasteiger partial charge in [0.1, 0.15) is 8.07 Å². The largest absolute Gasteiger partial charge is 0.309 e. The van der Waals surface area contributed by atoms with Gasteiger partial charge in [0, 0.05) is 22.7 Å². The third-order valence-electron chi connectivity index (χ3n) is 8.85. The van der Waals surface area contributed by atoms with Gasteiger partial charge in [-0.05, 0) is 76.2 Å². The Morgan fingerprint density at radius 1 is 0.362 bits per heavy atom. The highest BCUT2D eigenvalue weighted by molar-refractivity contribution is 7.10. The van der Waals surface area contributed by atoms with E-state index in [1.165, 1.54) is 15.6 Å². The number of anilines is 6. The summed E-state index contributed by atoms with van der Waals surface area (Å²) in [5.74, 6) is 0. The molecular weight excluding hydrogens is 608 g/mol. The van der Waals surface area contributed by atoms with Crippen LogP contribution >= 0.6 is 11.6 Å². The van der Waals surface area contributed by atoms with Crippen molar-refractivity contribution in [1.82, 2.24) is 0 Å². The van der Waals surface area contributed by atoms with Crippen molar-refractivity contribution in [3.63, 3.8) is 0 Å². The second kappa shape index (κ2) is 13.6. The SMILES string of the molecule is C[Si](c1ccccc1)(c1ccccc1)c1cc(N(c2ccccc2)c2ccccc2)c(Cl)c(N(c2ccccc2)c2ccccc2)c1. The summed E-state index contributed by atoms with van der Waals surface area (Å²) in [5, 5.41) is 4.61. The molecule has 0 radical (unpaired) electrons. The molecule has 0 bridgehead atoms. The van der Waals surface area contributed by atoms with E-state index in [1.54, 1.807) is 0 Å². The maximum atomic E-state index is 7.74. The lowest BCUT2D eigenvalue weighted by Crippen LogP contribution is -2.64. The molecule has 0 aliphatic heterocycles. The third kappa shape index (κ3) is 5.99. The quantitative estimate of drug-likeness (QED) is 0.114. The molecule has 7 rings (SSSR count). The second-order valence-electron chi connectivity index (χ2n) is 11.7. The minimum absolute atomic E-state index is 0.673. The Hall–Kier alpha value is -5.35. The average Bonchev–Trinajstić information content (AvgIpc) is 3.15. The lowest BCUT2D eigenvalue weighted by Gasteiger charge is -2.35. The fourth-order valence-corrected chi connectivity index (χ4v) is 10.3. The van der Waals surface area contributed by atoms with Crippen LogP contribution in [0.3, 0.4) is 0 Å². The van der Waals surface area contributed by atoms with Gasteiger partial charge >= 0.3 is 0 Å². The van der Waals surface area contributed by atoms with Gasteiger partial charge < -0.3 is 9.80 Å². The molecule has 0 aromatic heterocycles. The molecule has 0 amide bonds. The van der Waals surface area contributed by atoms with E-state index in [0.29, 0.717) is 5.02 Å². The van der Waals surface area contributed by atoms with Crippen LogP contribution in [-0.4, -0.2) is 8.07 Å². The molecule has 0 fully saturated rings. The van der Waals surface area contributed by atoms with Crippen molar-refractivity contribution in [1.29, 1.82) is 0 Å². The van der Waals surface area contributed by atoms with Gasteiger partial charge in [-0.2, -0.15) is 0 Å². The fraction of sp³-hybridized carbons (Fsp3) is 0.0233. The minimum atomic E-state index is -2.57. The molecule has 0 N–H and O–H groups in total. The number of benzene rings is 7. The molecule has 0 heterocycles. The van der Waals surface area contributed by atoms with Gasteiger partial charge in [-0.1, -0.05) is 152 Å². The molecule has 0 unspecified atom stereocenters. The van der Waals surface area contributed by atoms with Gasteiger partial charge in [-0.25, -0.2) is 0 Å². The van der Waals surface area contributed by atoms with Crippen molar-refractivity contribution in [3.05, 3.63) is 199 Å². The van der Waals surface area contributed by atoms with Crippen LogP contribution in [0.5, 0.6) is 0 Å². The first-order valence-corrected chi connectivity index (χ1v) is 18.8. The summed E-state index contributed by atoms with van der Waals surface area (Å²) >= 11 is 7.74. The number of halogens is 1. The first-order valence-electron chi connectivity index (χ1n) is 15.9. The van der Waals surface area contributed by atoms with E-state index < -0.39 is 8.07 Å². The molecule has 7 aromatic carbocycles. The molecule has 2 nitrogen and oxygen atoms in total. The van der Waals surface area contributed by atoms with E-state index in [9.17, 15) is 0 Å². The van der Waals surface area contributed by atoms with Gasteiger partial charge in [-0.15, -0.1) is 0 Å². The van der Waals surface area contributed by atoms with Gasteiger partial charge in [0.05, 0.1) is 16.4 Å². The molecule has 0 saturated carbocycles. The smallest absolute Gasteiger partial charge is 0.145 e. The summed E-state index contributed by atoms with van der Waals surface area (Å²) in [6, 6.07) is 68.6. The number of hydrogen-bond donors (Lipinski definition) is 0. The van der Waals surface area contributed by atoms with Crippen molar-refractivity contribution in [3.8, 4) is 0 Å². The lowest BCUT2D eigenvalue weighted by atomic mass is 10.1. The van der Waals surface area contributed by atoms with Crippen molar-refractivity contribution in [2.24, 2.45) is 0 Å². The molecule has 0 spiro atoms.